The van der Waals surface area contributed by atoms with E-state index in [0.29, 0.717) is 13.0 Å². The van der Waals surface area contributed by atoms with Crippen LogP contribution >= 0.6 is 0 Å². The summed E-state index contributed by atoms with van der Waals surface area (Å²) < 4.78 is 13.9. The lowest BCUT2D eigenvalue weighted by Gasteiger charge is -2.08. The van der Waals surface area contributed by atoms with Crippen molar-refractivity contribution in [1.29, 1.82) is 0 Å². The van der Waals surface area contributed by atoms with E-state index in [1.165, 1.54) is 17.8 Å². The molecule has 0 spiro atoms. The molecular formula is C16H18FN3O. The second-order valence-corrected chi connectivity index (χ2v) is 4.77. The van der Waals surface area contributed by atoms with Crippen molar-refractivity contribution < 1.29 is 9.18 Å². The Hall–Kier alpha value is -2.43. The molecule has 110 valence electrons. The highest BCUT2D eigenvalue weighted by Crippen LogP contribution is 2.14. The number of amides is 1. The van der Waals surface area contributed by atoms with Crippen molar-refractivity contribution in [2.75, 3.05) is 18.9 Å². The number of anilines is 1. The third kappa shape index (κ3) is 3.78. The number of carbonyl (C=O) groups is 1. The van der Waals surface area contributed by atoms with E-state index in [0.717, 1.165) is 5.56 Å². The quantitative estimate of drug-likeness (QED) is 0.888. The first-order valence-corrected chi connectivity index (χ1v) is 6.78. The summed E-state index contributed by atoms with van der Waals surface area (Å²) in [6.07, 6.45) is 2.11. The van der Waals surface area contributed by atoms with Gasteiger partial charge >= 0.3 is 0 Å². The Labute approximate surface area is 123 Å². The molecule has 2 rings (SSSR count). The maximum absolute atomic E-state index is 13.9. The van der Waals surface area contributed by atoms with Gasteiger partial charge in [-0.25, -0.2) is 9.37 Å². The molecule has 0 fully saturated rings. The third-order valence-corrected chi connectivity index (χ3v) is 3.15. The molecular weight excluding hydrogens is 269 g/mol. The van der Waals surface area contributed by atoms with Crippen LogP contribution in [0.5, 0.6) is 0 Å². The van der Waals surface area contributed by atoms with Crippen LogP contribution in [0.1, 0.15) is 21.5 Å². The number of rotatable bonds is 5. The lowest BCUT2D eigenvalue weighted by molar-refractivity contribution is 0.0950. The Balaban J connectivity index is 1.96. The zero-order chi connectivity index (χ0) is 15.2. The molecule has 2 aromatic rings. The highest BCUT2D eigenvalue weighted by Gasteiger charge is 2.14. The molecule has 0 saturated carbocycles. The predicted molar refractivity (Wildman–Crippen MR) is 81.0 cm³/mol. The number of halogens is 1. The van der Waals surface area contributed by atoms with E-state index in [1.807, 2.05) is 25.1 Å². The maximum atomic E-state index is 13.9. The molecule has 4 nitrogen and oxygen atoms in total. The first kappa shape index (κ1) is 15.0. The predicted octanol–water partition coefficient (Wildman–Crippen LogP) is 2.54. The van der Waals surface area contributed by atoms with E-state index in [9.17, 15) is 9.18 Å². The van der Waals surface area contributed by atoms with Gasteiger partial charge in [-0.3, -0.25) is 4.79 Å². The molecule has 21 heavy (non-hydrogen) atoms. The Morgan fingerprint density at radius 1 is 1.33 bits per heavy atom. The molecule has 0 atom stereocenters. The Morgan fingerprint density at radius 2 is 2.14 bits per heavy atom. The summed E-state index contributed by atoms with van der Waals surface area (Å²) in [5.74, 6) is -0.992. The standard InChI is InChI=1S/C16H18FN3O/c1-11-4-3-5-12(10-11)6-8-20-16(21)13-7-9-19-15(18-2)14(13)17/h3-5,7,9-10H,6,8H2,1-2H3,(H,18,19)(H,20,21). The van der Waals surface area contributed by atoms with Crippen LogP contribution in [-0.2, 0) is 6.42 Å². The van der Waals surface area contributed by atoms with Crippen molar-refractivity contribution in [3.8, 4) is 0 Å². The summed E-state index contributed by atoms with van der Waals surface area (Å²) in [5, 5.41) is 5.34. The first-order valence-electron chi connectivity index (χ1n) is 6.78. The van der Waals surface area contributed by atoms with Crippen LogP contribution in [0.3, 0.4) is 0 Å². The second-order valence-electron chi connectivity index (χ2n) is 4.77. The van der Waals surface area contributed by atoms with E-state index in [-0.39, 0.29) is 11.4 Å². The van der Waals surface area contributed by atoms with Gasteiger partial charge in [0.1, 0.15) is 0 Å². The molecule has 1 amide bonds. The largest absolute Gasteiger partial charge is 0.371 e. The SMILES string of the molecule is CNc1nccc(C(=O)NCCc2cccc(C)c2)c1F. The number of nitrogens with one attached hydrogen (secondary N) is 2. The van der Waals surface area contributed by atoms with Crippen molar-refractivity contribution in [1.82, 2.24) is 10.3 Å². The minimum absolute atomic E-state index is 0.00130. The summed E-state index contributed by atoms with van der Waals surface area (Å²) in [7, 11) is 1.56. The highest BCUT2D eigenvalue weighted by molar-refractivity contribution is 5.95. The van der Waals surface area contributed by atoms with Gasteiger partial charge in [-0.1, -0.05) is 29.8 Å². The van der Waals surface area contributed by atoms with E-state index < -0.39 is 11.7 Å². The fourth-order valence-electron chi connectivity index (χ4n) is 2.08. The summed E-state index contributed by atoms with van der Waals surface area (Å²) in [5.41, 5.74) is 2.32. The normalized spacial score (nSPS) is 10.2. The maximum Gasteiger partial charge on any atom is 0.254 e. The van der Waals surface area contributed by atoms with Crippen LogP contribution in [0, 0.1) is 12.7 Å². The van der Waals surface area contributed by atoms with Gasteiger partial charge in [-0.2, -0.15) is 0 Å². The number of hydrogen-bond acceptors (Lipinski definition) is 3. The molecule has 0 aliphatic rings. The number of carbonyl (C=O) groups excluding carboxylic acids is 1. The molecule has 0 bridgehead atoms. The minimum atomic E-state index is -0.631. The Morgan fingerprint density at radius 3 is 2.86 bits per heavy atom. The lowest BCUT2D eigenvalue weighted by Crippen LogP contribution is -2.27. The van der Waals surface area contributed by atoms with Crippen LogP contribution < -0.4 is 10.6 Å². The van der Waals surface area contributed by atoms with Crippen LogP contribution in [-0.4, -0.2) is 24.5 Å². The summed E-state index contributed by atoms with van der Waals surface area (Å²) >= 11 is 0. The number of nitrogens with zero attached hydrogens (tertiary/aromatic N) is 1. The average molecular weight is 287 g/mol. The summed E-state index contributed by atoms with van der Waals surface area (Å²) in [6.45, 7) is 2.48. The van der Waals surface area contributed by atoms with Crippen molar-refractivity contribution >= 4 is 11.7 Å². The van der Waals surface area contributed by atoms with Crippen LogP contribution in [0.25, 0.3) is 0 Å². The van der Waals surface area contributed by atoms with Crippen molar-refractivity contribution in [2.45, 2.75) is 13.3 Å². The van der Waals surface area contributed by atoms with Gasteiger partial charge in [0.2, 0.25) is 0 Å². The first-order chi connectivity index (χ1) is 10.1. The molecule has 5 heteroatoms. The molecule has 1 aromatic carbocycles. The van der Waals surface area contributed by atoms with Gasteiger partial charge in [0, 0.05) is 19.8 Å². The van der Waals surface area contributed by atoms with Crippen molar-refractivity contribution in [3.63, 3.8) is 0 Å². The number of hydrogen-bond donors (Lipinski definition) is 2. The monoisotopic (exact) mass is 287 g/mol. The molecule has 0 unspecified atom stereocenters. The number of aryl methyl sites for hydroxylation is 1. The van der Waals surface area contributed by atoms with Gasteiger partial charge in [0.15, 0.2) is 11.6 Å². The molecule has 0 saturated heterocycles. The average Bonchev–Trinajstić information content (AvgIpc) is 2.47. The molecule has 1 heterocycles. The van der Waals surface area contributed by atoms with Crippen molar-refractivity contribution in [2.24, 2.45) is 0 Å². The topological polar surface area (TPSA) is 54.0 Å². The summed E-state index contributed by atoms with van der Waals surface area (Å²) in [6, 6.07) is 9.45. The lowest BCUT2D eigenvalue weighted by atomic mass is 10.1. The van der Waals surface area contributed by atoms with Gasteiger partial charge in [-0.15, -0.1) is 0 Å². The smallest absolute Gasteiger partial charge is 0.254 e. The number of pyridine rings is 1. The zero-order valence-electron chi connectivity index (χ0n) is 12.1. The van der Waals surface area contributed by atoms with Gasteiger partial charge in [-0.05, 0) is 25.0 Å². The summed E-state index contributed by atoms with van der Waals surface area (Å²) in [4.78, 5) is 15.8. The van der Waals surface area contributed by atoms with Crippen LogP contribution in [0.15, 0.2) is 36.5 Å². The van der Waals surface area contributed by atoms with E-state index in [4.69, 9.17) is 0 Å². The van der Waals surface area contributed by atoms with E-state index in [2.05, 4.69) is 21.7 Å². The Kier molecular flexibility index (Phi) is 4.87. The molecule has 0 aliphatic carbocycles. The Bertz CT molecular complexity index is 643. The molecule has 1 aromatic heterocycles. The fraction of sp³-hybridized carbons (Fsp3) is 0.250. The van der Waals surface area contributed by atoms with Crippen LogP contribution in [0.2, 0.25) is 0 Å². The van der Waals surface area contributed by atoms with Gasteiger partial charge < -0.3 is 10.6 Å². The van der Waals surface area contributed by atoms with Crippen molar-refractivity contribution in [3.05, 3.63) is 59.0 Å². The van der Waals surface area contributed by atoms with Gasteiger partial charge in [0.25, 0.3) is 5.91 Å². The third-order valence-electron chi connectivity index (χ3n) is 3.15. The van der Waals surface area contributed by atoms with Gasteiger partial charge in [0.05, 0.1) is 5.56 Å². The zero-order valence-corrected chi connectivity index (χ0v) is 12.1. The second kappa shape index (κ2) is 6.83. The van der Waals surface area contributed by atoms with Crippen LogP contribution in [0.4, 0.5) is 10.2 Å². The van der Waals surface area contributed by atoms with E-state index >= 15 is 0 Å². The molecule has 0 radical (unpaired) electrons. The van der Waals surface area contributed by atoms with E-state index in [1.54, 1.807) is 7.05 Å². The fourth-order valence-corrected chi connectivity index (χ4v) is 2.08. The highest BCUT2D eigenvalue weighted by atomic mass is 19.1. The number of benzene rings is 1. The minimum Gasteiger partial charge on any atom is -0.371 e. The number of aromatic nitrogens is 1. The molecule has 0 aliphatic heterocycles. The molecule has 2 N–H and O–H groups in total.